The van der Waals surface area contributed by atoms with Gasteiger partial charge in [0.25, 0.3) is 0 Å². The van der Waals surface area contributed by atoms with Crippen molar-refractivity contribution in [3.8, 4) is 0 Å². The number of alkyl halides is 3. The molecule has 11 heavy (non-hydrogen) atoms. The zero-order valence-corrected chi connectivity index (χ0v) is 5.14. The summed E-state index contributed by atoms with van der Waals surface area (Å²) < 4.78 is 38.9. The van der Waals surface area contributed by atoms with Crippen molar-refractivity contribution in [2.24, 2.45) is 5.92 Å². The van der Waals surface area contributed by atoms with Crippen molar-refractivity contribution >= 4 is 11.9 Å². The van der Waals surface area contributed by atoms with Crippen LogP contribution in [0.2, 0.25) is 0 Å². The van der Waals surface area contributed by atoms with Crippen LogP contribution in [0.1, 0.15) is 6.42 Å². The summed E-state index contributed by atoms with van der Waals surface area (Å²) in [6, 6.07) is 0. The first-order valence-corrected chi connectivity index (χ1v) is 2.72. The van der Waals surface area contributed by atoms with Gasteiger partial charge in [0.15, 0.2) is 5.92 Å². The predicted molar refractivity (Wildman–Crippen MR) is 25.3 cm³/mol. The summed E-state index contributed by atoms with van der Waals surface area (Å²) >= 11 is 0. The lowest BCUT2D eigenvalue weighted by molar-refractivity contribution is -0.185. The van der Waals surface area contributed by atoms with E-state index < -0.39 is 30.5 Å². The molecule has 1 fully saturated rings. The van der Waals surface area contributed by atoms with Gasteiger partial charge in [-0.3, -0.25) is 9.59 Å². The fraction of sp³-hybridized carbons (Fsp3) is 0.600. The molecule has 0 unspecified atom stereocenters. The van der Waals surface area contributed by atoms with Crippen molar-refractivity contribution in [3.63, 3.8) is 0 Å². The number of cyclic esters (lactones) is 2. The topological polar surface area (TPSA) is 43.4 Å². The van der Waals surface area contributed by atoms with Crippen LogP contribution in [0.15, 0.2) is 0 Å². The number of carbonyl (C=O) groups excluding carboxylic acids is 2. The summed E-state index contributed by atoms with van der Waals surface area (Å²) in [7, 11) is 0. The zero-order valence-electron chi connectivity index (χ0n) is 5.14. The Labute approximate surface area is 59.1 Å². The van der Waals surface area contributed by atoms with E-state index in [2.05, 4.69) is 4.74 Å². The lowest BCUT2D eigenvalue weighted by Gasteiger charge is -2.07. The first-order chi connectivity index (χ1) is 4.91. The second-order valence-corrected chi connectivity index (χ2v) is 2.09. The summed E-state index contributed by atoms with van der Waals surface area (Å²) in [6.07, 6.45) is -5.55. The molecule has 1 aliphatic rings. The minimum Gasteiger partial charge on any atom is -0.393 e. The average Bonchev–Trinajstić information content (AvgIpc) is 2.08. The van der Waals surface area contributed by atoms with Gasteiger partial charge in [0.2, 0.25) is 0 Å². The normalized spacial score (nSPS) is 25.5. The van der Waals surface area contributed by atoms with Crippen LogP contribution >= 0.6 is 0 Å². The van der Waals surface area contributed by atoms with E-state index in [9.17, 15) is 22.8 Å². The molecule has 1 aliphatic heterocycles. The third-order valence-corrected chi connectivity index (χ3v) is 1.26. The largest absolute Gasteiger partial charge is 0.402 e. The summed E-state index contributed by atoms with van der Waals surface area (Å²) in [5.41, 5.74) is 0. The van der Waals surface area contributed by atoms with Crippen molar-refractivity contribution in [3.05, 3.63) is 0 Å². The maximum atomic E-state index is 11.7. The Hall–Kier alpha value is -1.07. The van der Waals surface area contributed by atoms with Crippen LogP contribution in [0, 0.1) is 5.92 Å². The summed E-state index contributed by atoms with van der Waals surface area (Å²) in [5.74, 6) is -4.87. The van der Waals surface area contributed by atoms with Crippen LogP contribution in [0.3, 0.4) is 0 Å². The summed E-state index contributed by atoms with van der Waals surface area (Å²) in [4.78, 5) is 20.4. The highest BCUT2D eigenvalue weighted by Gasteiger charge is 2.51. The SMILES string of the molecule is O=C1C[C@H](C(F)(F)F)C(=O)O1. The highest BCUT2D eigenvalue weighted by molar-refractivity contribution is 5.95. The molecule has 6 heteroatoms. The monoisotopic (exact) mass is 168 g/mol. The van der Waals surface area contributed by atoms with E-state index in [1.807, 2.05) is 0 Å². The van der Waals surface area contributed by atoms with E-state index in [1.54, 1.807) is 0 Å². The zero-order chi connectivity index (χ0) is 8.65. The third-order valence-electron chi connectivity index (χ3n) is 1.26. The van der Waals surface area contributed by atoms with Gasteiger partial charge in [-0.1, -0.05) is 0 Å². The highest BCUT2D eigenvalue weighted by Crippen LogP contribution is 2.33. The maximum Gasteiger partial charge on any atom is 0.402 e. The second kappa shape index (κ2) is 2.21. The van der Waals surface area contributed by atoms with E-state index in [0.29, 0.717) is 0 Å². The number of carbonyl (C=O) groups is 2. The van der Waals surface area contributed by atoms with Gasteiger partial charge in [-0.05, 0) is 0 Å². The van der Waals surface area contributed by atoms with Gasteiger partial charge in [0, 0.05) is 0 Å². The number of hydrogen-bond donors (Lipinski definition) is 0. The van der Waals surface area contributed by atoms with E-state index >= 15 is 0 Å². The van der Waals surface area contributed by atoms with Crippen LogP contribution in [0.4, 0.5) is 13.2 Å². The molecule has 1 saturated heterocycles. The van der Waals surface area contributed by atoms with Crippen molar-refractivity contribution in [1.82, 2.24) is 0 Å². The number of hydrogen-bond acceptors (Lipinski definition) is 3. The molecule has 0 aliphatic carbocycles. The standard InChI is InChI=1S/C5H3F3O3/c6-5(7,8)2-1-3(9)11-4(2)10/h2H,1H2/t2-/m0/s1. The summed E-state index contributed by atoms with van der Waals surface area (Å²) in [6.45, 7) is 0. The molecular formula is C5H3F3O3. The van der Waals surface area contributed by atoms with Crippen LogP contribution < -0.4 is 0 Å². The fourth-order valence-corrected chi connectivity index (χ4v) is 0.724. The van der Waals surface area contributed by atoms with Gasteiger partial charge in [0.05, 0.1) is 6.42 Å². The van der Waals surface area contributed by atoms with Crippen LogP contribution in [-0.2, 0) is 14.3 Å². The molecule has 0 radical (unpaired) electrons. The Morgan fingerprint density at radius 1 is 1.36 bits per heavy atom. The van der Waals surface area contributed by atoms with Crippen LogP contribution in [0.25, 0.3) is 0 Å². The molecule has 0 aromatic rings. The van der Waals surface area contributed by atoms with Gasteiger partial charge in [0.1, 0.15) is 0 Å². The Kier molecular flexibility index (Phi) is 1.62. The predicted octanol–water partition coefficient (Wildman–Crippen LogP) is 0.638. The van der Waals surface area contributed by atoms with Crippen molar-refractivity contribution in [1.29, 1.82) is 0 Å². The lowest BCUT2D eigenvalue weighted by atomic mass is 10.1. The van der Waals surface area contributed by atoms with Gasteiger partial charge in [-0.15, -0.1) is 0 Å². The molecule has 0 aromatic carbocycles. The average molecular weight is 168 g/mol. The molecule has 0 saturated carbocycles. The van der Waals surface area contributed by atoms with Crippen molar-refractivity contribution < 1.29 is 27.5 Å². The van der Waals surface area contributed by atoms with E-state index in [4.69, 9.17) is 0 Å². The van der Waals surface area contributed by atoms with Crippen molar-refractivity contribution in [2.45, 2.75) is 12.6 Å². The third kappa shape index (κ3) is 1.50. The van der Waals surface area contributed by atoms with E-state index in [1.165, 1.54) is 0 Å². The van der Waals surface area contributed by atoms with Gasteiger partial charge in [-0.25, -0.2) is 0 Å². The molecule has 3 nitrogen and oxygen atoms in total. The first-order valence-electron chi connectivity index (χ1n) is 2.72. The molecule has 1 atom stereocenters. The molecule has 0 spiro atoms. The molecule has 0 aromatic heterocycles. The molecule has 1 heterocycles. The minimum atomic E-state index is -4.66. The molecular weight excluding hydrogens is 165 g/mol. The smallest absolute Gasteiger partial charge is 0.393 e. The molecule has 62 valence electrons. The molecule has 1 rings (SSSR count). The van der Waals surface area contributed by atoms with Gasteiger partial charge in [-0.2, -0.15) is 13.2 Å². The van der Waals surface area contributed by atoms with Gasteiger partial charge >= 0.3 is 18.1 Å². The van der Waals surface area contributed by atoms with Gasteiger partial charge < -0.3 is 4.74 Å². The Balaban J connectivity index is 2.76. The van der Waals surface area contributed by atoms with Crippen LogP contribution in [-0.4, -0.2) is 18.1 Å². The molecule has 0 N–H and O–H groups in total. The first kappa shape index (κ1) is 8.03. The lowest BCUT2D eigenvalue weighted by Crippen LogP contribution is -2.26. The quantitative estimate of drug-likeness (QED) is 0.393. The maximum absolute atomic E-state index is 11.7. The highest BCUT2D eigenvalue weighted by atomic mass is 19.4. The van der Waals surface area contributed by atoms with E-state index in [0.717, 1.165) is 0 Å². The number of ether oxygens (including phenoxy) is 1. The Morgan fingerprint density at radius 2 is 1.91 bits per heavy atom. The molecule has 0 bridgehead atoms. The Bertz CT molecular complexity index is 208. The van der Waals surface area contributed by atoms with Crippen LogP contribution in [0.5, 0.6) is 0 Å². The van der Waals surface area contributed by atoms with E-state index in [-0.39, 0.29) is 0 Å². The Morgan fingerprint density at radius 3 is 2.09 bits per heavy atom. The second-order valence-electron chi connectivity index (χ2n) is 2.09. The minimum absolute atomic E-state index is 0.887. The fourth-order valence-electron chi connectivity index (χ4n) is 0.724. The summed E-state index contributed by atoms with van der Waals surface area (Å²) in [5, 5.41) is 0. The number of halogens is 3. The van der Waals surface area contributed by atoms with Crippen molar-refractivity contribution in [2.75, 3.05) is 0 Å². The number of rotatable bonds is 0. The number of esters is 2. The molecule has 0 amide bonds.